The first-order valence-corrected chi connectivity index (χ1v) is 4.65. The van der Waals surface area contributed by atoms with Crippen LogP contribution < -0.4 is 5.32 Å². The van der Waals surface area contributed by atoms with Gasteiger partial charge < -0.3 is 10.4 Å². The van der Waals surface area contributed by atoms with E-state index in [-0.39, 0.29) is 0 Å². The zero-order valence-corrected chi connectivity index (χ0v) is 9.11. The summed E-state index contributed by atoms with van der Waals surface area (Å²) in [4.78, 5) is 10.5. The zero-order chi connectivity index (χ0) is 11.4. The van der Waals surface area contributed by atoms with Gasteiger partial charge in [0, 0.05) is 30.9 Å². The lowest BCUT2D eigenvalue weighted by molar-refractivity contribution is -0.132. The number of rotatable bonds is 4. The van der Waals surface area contributed by atoms with Crippen LogP contribution in [0.3, 0.4) is 0 Å². The maximum Gasteiger partial charge on any atom is 0.331 e. The highest BCUT2D eigenvalue weighted by molar-refractivity contribution is 5.85. The van der Waals surface area contributed by atoms with Gasteiger partial charge in [-0.15, -0.1) is 0 Å². The summed E-state index contributed by atoms with van der Waals surface area (Å²) in [6, 6.07) is 1.91. The molecule has 5 nitrogen and oxygen atoms in total. The van der Waals surface area contributed by atoms with Gasteiger partial charge >= 0.3 is 5.97 Å². The van der Waals surface area contributed by atoms with E-state index in [9.17, 15) is 4.79 Å². The van der Waals surface area contributed by atoms with Crippen LogP contribution in [0, 0.1) is 6.92 Å². The lowest BCUT2D eigenvalue weighted by Crippen LogP contribution is -2.03. The number of carboxylic acid groups (broad SMARTS) is 1. The van der Waals surface area contributed by atoms with Gasteiger partial charge in [0.2, 0.25) is 0 Å². The third-order valence-electron chi connectivity index (χ3n) is 2.14. The van der Waals surface area contributed by atoms with Crippen LogP contribution in [0.4, 0.5) is 5.82 Å². The Kier molecular flexibility index (Phi) is 3.49. The first kappa shape index (κ1) is 11.3. The Bertz CT molecular complexity index is 374. The summed E-state index contributed by atoms with van der Waals surface area (Å²) in [7, 11) is 1.86. The molecule has 5 heteroatoms. The fourth-order valence-corrected chi connectivity index (χ4v) is 1.04. The smallest absolute Gasteiger partial charge is 0.331 e. The average molecular weight is 209 g/mol. The van der Waals surface area contributed by atoms with E-state index < -0.39 is 5.97 Å². The molecule has 1 aromatic heterocycles. The van der Waals surface area contributed by atoms with E-state index in [1.165, 1.54) is 0 Å². The van der Waals surface area contributed by atoms with Gasteiger partial charge in [0.15, 0.2) is 0 Å². The number of aryl methyl sites for hydroxylation is 2. The first-order chi connectivity index (χ1) is 7.00. The molecular formula is C10H15N3O2. The van der Waals surface area contributed by atoms with Crippen molar-refractivity contribution >= 4 is 11.8 Å². The molecule has 0 aliphatic carbocycles. The van der Waals surface area contributed by atoms with Gasteiger partial charge in [0.05, 0.1) is 0 Å². The third kappa shape index (κ3) is 3.12. The summed E-state index contributed by atoms with van der Waals surface area (Å²) in [5.41, 5.74) is 1.38. The molecular weight excluding hydrogens is 194 g/mol. The Morgan fingerprint density at radius 1 is 1.73 bits per heavy atom. The molecule has 0 radical (unpaired) electrons. The fraction of sp³-hybridized carbons (Fsp3) is 0.400. The highest BCUT2D eigenvalue weighted by Gasteiger charge is 2.00. The van der Waals surface area contributed by atoms with Crippen LogP contribution in [-0.4, -0.2) is 27.4 Å². The minimum atomic E-state index is -0.894. The zero-order valence-electron chi connectivity index (χ0n) is 9.11. The Balaban J connectivity index is 2.51. The molecule has 0 amide bonds. The van der Waals surface area contributed by atoms with Crippen molar-refractivity contribution in [3.63, 3.8) is 0 Å². The van der Waals surface area contributed by atoms with E-state index in [1.54, 1.807) is 17.7 Å². The molecule has 0 aliphatic heterocycles. The molecule has 0 spiro atoms. The lowest BCUT2D eigenvalue weighted by atomic mass is 10.3. The van der Waals surface area contributed by atoms with Crippen LogP contribution in [0.1, 0.15) is 12.6 Å². The van der Waals surface area contributed by atoms with Crippen molar-refractivity contribution in [1.82, 2.24) is 9.78 Å². The molecule has 1 heterocycles. The third-order valence-corrected chi connectivity index (χ3v) is 2.14. The number of carboxylic acids is 1. The van der Waals surface area contributed by atoms with Crippen molar-refractivity contribution in [1.29, 1.82) is 0 Å². The van der Waals surface area contributed by atoms with Gasteiger partial charge in [0.1, 0.15) is 5.82 Å². The quantitative estimate of drug-likeness (QED) is 0.730. The van der Waals surface area contributed by atoms with Crippen LogP contribution in [0.25, 0.3) is 0 Å². The molecule has 2 N–H and O–H groups in total. The number of hydrogen-bond acceptors (Lipinski definition) is 3. The standard InChI is InChI=1S/C10H15N3O2/c1-7(10(14)15)4-5-11-9-6-8(2)13(3)12-9/h4,6H,5H2,1-3H3,(H,11,12)(H,14,15)/b7-4-. The van der Waals surface area contributed by atoms with Gasteiger partial charge in [-0.3, -0.25) is 4.68 Å². The van der Waals surface area contributed by atoms with Gasteiger partial charge in [-0.2, -0.15) is 5.10 Å². The maximum absolute atomic E-state index is 10.5. The van der Waals surface area contributed by atoms with Gasteiger partial charge in [-0.25, -0.2) is 4.79 Å². The number of anilines is 1. The Labute approximate surface area is 88.4 Å². The van der Waals surface area contributed by atoms with Crippen LogP contribution in [0.5, 0.6) is 0 Å². The molecule has 1 aromatic rings. The molecule has 0 saturated carbocycles. The molecule has 0 aliphatic rings. The van der Waals surface area contributed by atoms with Gasteiger partial charge in [-0.05, 0) is 13.8 Å². The number of hydrogen-bond donors (Lipinski definition) is 2. The molecule has 0 bridgehead atoms. The van der Waals surface area contributed by atoms with E-state index in [0.29, 0.717) is 12.1 Å². The summed E-state index contributed by atoms with van der Waals surface area (Å²) in [6.07, 6.45) is 1.62. The largest absolute Gasteiger partial charge is 0.478 e. The van der Waals surface area contributed by atoms with Crippen LogP contribution in [0.2, 0.25) is 0 Å². The van der Waals surface area contributed by atoms with E-state index in [4.69, 9.17) is 5.11 Å². The maximum atomic E-state index is 10.5. The SMILES string of the molecule is C/C(=C/CNc1cc(C)n(C)n1)C(=O)O. The van der Waals surface area contributed by atoms with E-state index in [2.05, 4.69) is 10.4 Å². The normalized spacial score (nSPS) is 11.5. The molecule has 0 fully saturated rings. The van der Waals surface area contributed by atoms with Crippen LogP contribution >= 0.6 is 0 Å². The molecule has 82 valence electrons. The van der Waals surface area contributed by atoms with Crippen molar-refractivity contribution < 1.29 is 9.90 Å². The number of carbonyl (C=O) groups is 1. The molecule has 0 aromatic carbocycles. The number of nitrogens with one attached hydrogen (secondary N) is 1. The van der Waals surface area contributed by atoms with E-state index >= 15 is 0 Å². The highest BCUT2D eigenvalue weighted by Crippen LogP contribution is 2.06. The predicted octanol–water partition coefficient (Wildman–Crippen LogP) is 1.17. The van der Waals surface area contributed by atoms with Crippen molar-refractivity contribution in [2.75, 3.05) is 11.9 Å². The second-order valence-electron chi connectivity index (χ2n) is 3.37. The summed E-state index contributed by atoms with van der Waals surface area (Å²) >= 11 is 0. The average Bonchev–Trinajstić information content (AvgIpc) is 2.46. The monoisotopic (exact) mass is 209 g/mol. The van der Waals surface area contributed by atoms with E-state index in [0.717, 1.165) is 11.5 Å². The molecule has 0 saturated heterocycles. The van der Waals surface area contributed by atoms with Gasteiger partial charge in [-0.1, -0.05) is 6.08 Å². The number of nitrogens with zero attached hydrogens (tertiary/aromatic N) is 2. The summed E-state index contributed by atoms with van der Waals surface area (Å²) in [5, 5.41) is 15.8. The highest BCUT2D eigenvalue weighted by atomic mass is 16.4. The fourth-order valence-electron chi connectivity index (χ4n) is 1.04. The van der Waals surface area contributed by atoms with Crippen molar-refractivity contribution in [3.05, 3.63) is 23.4 Å². The van der Waals surface area contributed by atoms with Crippen molar-refractivity contribution in [2.24, 2.45) is 7.05 Å². The number of aliphatic carboxylic acids is 1. The predicted molar refractivity (Wildman–Crippen MR) is 57.8 cm³/mol. The molecule has 0 atom stereocenters. The van der Waals surface area contributed by atoms with Gasteiger partial charge in [0.25, 0.3) is 0 Å². The van der Waals surface area contributed by atoms with Crippen molar-refractivity contribution in [3.8, 4) is 0 Å². The summed E-state index contributed by atoms with van der Waals surface area (Å²) in [5.74, 6) is -0.140. The summed E-state index contributed by atoms with van der Waals surface area (Å²) < 4.78 is 1.76. The minimum Gasteiger partial charge on any atom is -0.478 e. The Morgan fingerprint density at radius 2 is 2.40 bits per heavy atom. The van der Waals surface area contributed by atoms with Crippen molar-refractivity contribution in [2.45, 2.75) is 13.8 Å². The summed E-state index contributed by atoms with van der Waals surface area (Å²) in [6.45, 7) is 3.98. The number of aromatic nitrogens is 2. The minimum absolute atomic E-state index is 0.329. The van der Waals surface area contributed by atoms with Crippen LogP contribution in [-0.2, 0) is 11.8 Å². The Hall–Kier alpha value is -1.78. The lowest BCUT2D eigenvalue weighted by Gasteiger charge is -1.98. The molecule has 15 heavy (non-hydrogen) atoms. The first-order valence-electron chi connectivity index (χ1n) is 4.65. The van der Waals surface area contributed by atoms with Crippen LogP contribution in [0.15, 0.2) is 17.7 Å². The Morgan fingerprint density at radius 3 is 2.87 bits per heavy atom. The molecule has 1 rings (SSSR count). The van der Waals surface area contributed by atoms with E-state index in [1.807, 2.05) is 20.0 Å². The second-order valence-corrected chi connectivity index (χ2v) is 3.37. The second kappa shape index (κ2) is 4.63. The molecule has 0 unspecified atom stereocenters. The topological polar surface area (TPSA) is 67.2 Å².